The van der Waals surface area contributed by atoms with E-state index in [1.54, 1.807) is 4.90 Å². The second-order valence-corrected chi connectivity index (χ2v) is 12.1. The van der Waals surface area contributed by atoms with Crippen LogP contribution in [0.3, 0.4) is 0 Å². The fourth-order valence-electron chi connectivity index (χ4n) is 4.01. The van der Waals surface area contributed by atoms with E-state index in [0.717, 1.165) is 18.6 Å². The van der Waals surface area contributed by atoms with E-state index >= 15 is 0 Å². The highest BCUT2D eigenvalue weighted by Crippen LogP contribution is 2.38. The van der Waals surface area contributed by atoms with E-state index < -0.39 is 5.60 Å². The van der Waals surface area contributed by atoms with Crippen LogP contribution in [0.1, 0.15) is 74.8 Å². The van der Waals surface area contributed by atoms with Crippen LogP contribution >= 0.6 is 0 Å². The molecule has 2 fully saturated rings. The van der Waals surface area contributed by atoms with Crippen molar-refractivity contribution >= 4 is 24.4 Å². The highest BCUT2D eigenvalue weighted by atomic mass is 16.7. The Balaban J connectivity index is 1.79. The highest BCUT2D eigenvalue weighted by molar-refractivity contribution is 6.62. The minimum absolute atomic E-state index is 0.0444. The number of carbonyl (C=O) groups excluding carboxylic acids is 1. The smallest absolute Gasteiger partial charge is 0.444 e. The van der Waals surface area contributed by atoms with E-state index in [-0.39, 0.29) is 29.8 Å². The van der Waals surface area contributed by atoms with Crippen LogP contribution in [0.5, 0.6) is 0 Å². The lowest BCUT2D eigenvalue weighted by Crippen LogP contribution is -2.50. The number of rotatable bonds is 2. The third-order valence-electron chi connectivity index (χ3n) is 6.63. The topological polar surface area (TPSA) is 51.2 Å². The summed E-state index contributed by atoms with van der Waals surface area (Å²) in [4.78, 5) is 16.6. The van der Waals surface area contributed by atoms with Gasteiger partial charge < -0.3 is 23.8 Å². The molecule has 0 aliphatic carbocycles. The second kappa shape index (κ2) is 8.25. The third kappa shape index (κ3) is 5.25. The SMILES string of the molecule is CC(C)(C)OC(=O)N1CCN(c2ccc(B3OC(C)(C)C(C)(C)O3)cc2C(C)(C)C)CC1. The Hall–Kier alpha value is -1.73. The summed E-state index contributed by atoms with van der Waals surface area (Å²) in [6.45, 7) is 23.6. The van der Waals surface area contributed by atoms with E-state index in [4.69, 9.17) is 14.0 Å². The lowest BCUT2D eigenvalue weighted by atomic mass is 9.74. The zero-order valence-electron chi connectivity index (χ0n) is 21.7. The summed E-state index contributed by atoms with van der Waals surface area (Å²) < 4.78 is 18.1. The molecule has 0 atom stereocenters. The number of hydrogen-bond donors (Lipinski definition) is 0. The van der Waals surface area contributed by atoms with Crippen LogP contribution in [0.25, 0.3) is 0 Å². The van der Waals surface area contributed by atoms with Crippen molar-refractivity contribution in [1.82, 2.24) is 4.90 Å². The predicted octanol–water partition coefficient (Wildman–Crippen LogP) is 4.34. The van der Waals surface area contributed by atoms with Gasteiger partial charge in [-0.3, -0.25) is 0 Å². The Morgan fingerprint density at radius 1 is 0.938 bits per heavy atom. The zero-order chi connectivity index (χ0) is 24.1. The minimum atomic E-state index is -0.475. The van der Waals surface area contributed by atoms with Gasteiger partial charge in [0.25, 0.3) is 0 Å². The molecule has 1 aromatic rings. The van der Waals surface area contributed by atoms with Gasteiger partial charge in [-0.15, -0.1) is 0 Å². The van der Waals surface area contributed by atoms with Crippen LogP contribution < -0.4 is 10.4 Å². The molecule has 32 heavy (non-hydrogen) atoms. The molecule has 0 bridgehead atoms. The van der Waals surface area contributed by atoms with Crippen LogP contribution in [0.4, 0.5) is 10.5 Å². The van der Waals surface area contributed by atoms with Crippen molar-refractivity contribution in [3.05, 3.63) is 23.8 Å². The standard InChI is InChI=1S/C25H41BN2O4/c1-22(2,3)19-17-18(26-31-24(7,8)25(9,10)32-26)11-12-20(19)27-13-15-28(16-14-27)21(29)30-23(4,5)6/h11-12,17H,13-16H2,1-10H3. The number of carbonyl (C=O) groups is 1. The van der Waals surface area contributed by atoms with Gasteiger partial charge in [0.2, 0.25) is 0 Å². The first-order chi connectivity index (χ1) is 14.5. The fourth-order valence-corrected chi connectivity index (χ4v) is 4.01. The first kappa shape index (κ1) is 24.9. The Labute approximate surface area is 194 Å². The molecule has 2 heterocycles. The average Bonchev–Trinajstić information content (AvgIpc) is 2.87. The number of nitrogens with zero attached hydrogens (tertiary/aromatic N) is 2. The van der Waals surface area contributed by atoms with E-state index in [1.165, 1.54) is 11.3 Å². The summed E-state index contributed by atoms with van der Waals surface area (Å²) in [6, 6.07) is 6.54. The van der Waals surface area contributed by atoms with Crippen LogP contribution in [-0.2, 0) is 19.5 Å². The lowest BCUT2D eigenvalue weighted by molar-refractivity contribution is 0.00578. The summed E-state index contributed by atoms with van der Waals surface area (Å²) in [6.07, 6.45) is -0.232. The molecule has 2 aliphatic heterocycles. The van der Waals surface area contributed by atoms with Gasteiger partial charge in [-0.2, -0.15) is 0 Å². The van der Waals surface area contributed by atoms with Crippen LogP contribution in [0.2, 0.25) is 0 Å². The summed E-state index contributed by atoms with van der Waals surface area (Å²) in [7, 11) is -0.376. The Kier molecular flexibility index (Phi) is 6.42. The van der Waals surface area contributed by atoms with Crippen molar-refractivity contribution < 1.29 is 18.8 Å². The summed E-state index contributed by atoms with van der Waals surface area (Å²) in [5, 5.41) is 0. The molecular weight excluding hydrogens is 403 g/mol. The summed E-state index contributed by atoms with van der Waals surface area (Å²) >= 11 is 0. The van der Waals surface area contributed by atoms with Crippen molar-refractivity contribution in [3.8, 4) is 0 Å². The number of anilines is 1. The van der Waals surface area contributed by atoms with Crippen LogP contribution in [-0.4, -0.2) is 61.1 Å². The Morgan fingerprint density at radius 3 is 1.94 bits per heavy atom. The maximum Gasteiger partial charge on any atom is 0.494 e. The Bertz CT molecular complexity index is 830. The lowest BCUT2D eigenvalue weighted by Gasteiger charge is -2.39. The molecule has 3 rings (SSSR count). The van der Waals surface area contributed by atoms with Crippen molar-refractivity contribution in [2.45, 2.75) is 91.5 Å². The molecule has 0 unspecified atom stereocenters. The largest absolute Gasteiger partial charge is 0.494 e. The van der Waals surface area contributed by atoms with Crippen LogP contribution in [0.15, 0.2) is 18.2 Å². The van der Waals surface area contributed by atoms with Gasteiger partial charge in [0.05, 0.1) is 11.2 Å². The van der Waals surface area contributed by atoms with Gasteiger partial charge in [0, 0.05) is 31.9 Å². The van der Waals surface area contributed by atoms with Gasteiger partial charge in [-0.1, -0.05) is 32.9 Å². The maximum atomic E-state index is 12.4. The first-order valence-corrected chi connectivity index (χ1v) is 11.7. The van der Waals surface area contributed by atoms with Gasteiger partial charge >= 0.3 is 13.2 Å². The van der Waals surface area contributed by atoms with E-state index in [0.29, 0.717) is 13.1 Å². The molecule has 0 N–H and O–H groups in total. The van der Waals surface area contributed by atoms with E-state index in [9.17, 15) is 4.79 Å². The van der Waals surface area contributed by atoms with E-state index in [2.05, 4.69) is 71.6 Å². The Morgan fingerprint density at radius 2 is 1.47 bits per heavy atom. The maximum absolute atomic E-state index is 12.4. The second-order valence-electron chi connectivity index (χ2n) is 12.1. The quantitative estimate of drug-likeness (QED) is 0.636. The predicted molar refractivity (Wildman–Crippen MR) is 131 cm³/mol. The normalized spacial score (nSPS) is 21.1. The monoisotopic (exact) mass is 444 g/mol. The molecule has 0 aromatic heterocycles. The fraction of sp³-hybridized carbons (Fsp3) is 0.720. The number of ether oxygens (including phenoxy) is 1. The number of amides is 1. The van der Waals surface area contributed by atoms with Crippen molar-refractivity contribution in [2.75, 3.05) is 31.1 Å². The van der Waals surface area contributed by atoms with Crippen molar-refractivity contribution in [1.29, 1.82) is 0 Å². The number of benzene rings is 1. The minimum Gasteiger partial charge on any atom is -0.444 e. The van der Waals surface area contributed by atoms with Gasteiger partial charge in [0.1, 0.15) is 5.60 Å². The molecule has 178 valence electrons. The summed E-state index contributed by atoms with van der Waals surface area (Å²) in [5.41, 5.74) is 2.27. The molecule has 1 aromatic carbocycles. The molecule has 2 saturated heterocycles. The molecule has 0 spiro atoms. The van der Waals surface area contributed by atoms with Gasteiger partial charge in [-0.25, -0.2) is 4.79 Å². The van der Waals surface area contributed by atoms with Crippen molar-refractivity contribution in [3.63, 3.8) is 0 Å². The van der Waals surface area contributed by atoms with Gasteiger partial charge in [-0.05, 0) is 71.0 Å². The molecule has 1 amide bonds. The molecule has 2 aliphatic rings. The molecular formula is C25H41BN2O4. The first-order valence-electron chi connectivity index (χ1n) is 11.7. The third-order valence-corrected chi connectivity index (χ3v) is 6.63. The average molecular weight is 444 g/mol. The number of piperazine rings is 1. The molecule has 6 nitrogen and oxygen atoms in total. The van der Waals surface area contributed by atoms with Crippen molar-refractivity contribution in [2.24, 2.45) is 0 Å². The molecule has 7 heteroatoms. The van der Waals surface area contributed by atoms with Crippen LogP contribution in [0, 0.1) is 0 Å². The zero-order valence-corrected chi connectivity index (χ0v) is 21.7. The highest BCUT2D eigenvalue weighted by Gasteiger charge is 2.51. The summed E-state index contributed by atoms with van der Waals surface area (Å²) in [5.74, 6) is 0. The van der Waals surface area contributed by atoms with Gasteiger partial charge in [0.15, 0.2) is 0 Å². The molecule has 0 saturated carbocycles. The number of hydrogen-bond acceptors (Lipinski definition) is 5. The molecule has 0 radical (unpaired) electrons. The van der Waals surface area contributed by atoms with E-state index in [1.807, 2.05) is 20.8 Å².